The smallest absolute Gasteiger partial charge is 0.0345 e. The number of hydrogen-bond acceptors (Lipinski definition) is 2. The molecule has 0 aliphatic carbocycles. The second-order valence-corrected chi connectivity index (χ2v) is 6.32. The van der Waals surface area contributed by atoms with Gasteiger partial charge in [0.05, 0.1) is 0 Å². The molecule has 2 atom stereocenters. The fraction of sp³-hybridized carbons (Fsp3) is 0.684. The van der Waals surface area contributed by atoms with E-state index in [-0.39, 0.29) is 0 Å². The Bertz CT molecular complexity index is 393. The summed E-state index contributed by atoms with van der Waals surface area (Å²) in [5, 5.41) is 3.55. The van der Waals surface area contributed by atoms with E-state index in [2.05, 4.69) is 55.3 Å². The van der Waals surface area contributed by atoms with Crippen molar-refractivity contribution in [1.29, 1.82) is 0 Å². The van der Waals surface area contributed by atoms with Crippen LogP contribution >= 0.6 is 0 Å². The van der Waals surface area contributed by atoms with Crippen LogP contribution in [0.3, 0.4) is 0 Å². The topological polar surface area (TPSA) is 15.3 Å². The molecule has 1 aromatic carbocycles. The highest BCUT2D eigenvalue weighted by Gasteiger charge is 2.22. The fourth-order valence-electron chi connectivity index (χ4n) is 3.57. The van der Waals surface area contributed by atoms with Gasteiger partial charge in [-0.3, -0.25) is 4.90 Å². The zero-order chi connectivity index (χ0) is 15.1. The maximum absolute atomic E-state index is 3.55. The van der Waals surface area contributed by atoms with Crippen LogP contribution in [-0.4, -0.2) is 31.1 Å². The van der Waals surface area contributed by atoms with Crippen molar-refractivity contribution in [3.8, 4) is 0 Å². The molecule has 118 valence electrons. The Hall–Kier alpha value is -0.860. The minimum atomic E-state index is 0.572. The third-order valence-electron chi connectivity index (χ3n) is 4.90. The van der Waals surface area contributed by atoms with Crippen LogP contribution in [0.4, 0.5) is 0 Å². The maximum Gasteiger partial charge on any atom is 0.0345 e. The highest BCUT2D eigenvalue weighted by Crippen LogP contribution is 2.26. The molecule has 2 nitrogen and oxygen atoms in total. The predicted octanol–water partition coefficient (Wildman–Crippen LogP) is 4.02. The summed E-state index contributed by atoms with van der Waals surface area (Å²) >= 11 is 0. The highest BCUT2D eigenvalue weighted by molar-refractivity contribution is 5.25. The van der Waals surface area contributed by atoms with Gasteiger partial charge in [0.15, 0.2) is 0 Å². The van der Waals surface area contributed by atoms with Crippen molar-refractivity contribution in [3.63, 3.8) is 0 Å². The molecule has 2 rings (SSSR count). The van der Waals surface area contributed by atoms with Gasteiger partial charge in [0.1, 0.15) is 0 Å². The largest absolute Gasteiger partial charge is 0.316 e. The van der Waals surface area contributed by atoms with Gasteiger partial charge in [-0.2, -0.15) is 0 Å². The van der Waals surface area contributed by atoms with Crippen molar-refractivity contribution in [2.24, 2.45) is 5.92 Å². The third kappa shape index (κ3) is 4.55. The first-order valence-corrected chi connectivity index (χ1v) is 8.82. The lowest BCUT2D eigenvalue weighted by Crippen LogP contribution is -2.39. The molecular weight excluding hydrogens is 256 g/mol. The molecule has 1 N–H and O–H groups in total. The molecule has 0 saturated carbocycles. The van der Waals surface area contributed by atoms with E-state index in [1.807, 2.05) is 0 Å². The Morgan fingerprint density at radius 1 is 1.19 bits per heavy atom. The maximum atomic E-state index is 3.55. The summed E-state index contributed by atoms with van der Waals surface area (Å²) < 4.78 is 0. The van der Waals surface area contributed by atoms with E-state index in [0.717, 1.165) is 18.9 Å². The summed E-state index contributed by atoms with van der Waals surface area (Å²) in [7, 11) is 0. The van der Waals surface area contributed by atoms with E-state index in [1.54, 1.807) is 0 Å². The van der Waals surface area contributed by atoms with Crippen LogP contribution in [0.15, 0.2) is 24.3 Å². The number of aryl methyl sites for hydroxylation is 1. The van der Waals surface area contributed by atoms with Gasteiger partial charge >= 0.3 is 0 Å². The number of hydrogen-bond donors (Lipinski definition) is 1. The SMILES string of the molecule is CCc1ccc(C(CC)N(CC)CC2CCCNC2)cc1. The van der Waals surface area contributed by atoms with E-state index in [1.165, 1.54) is 50.0 Å². The minimum absolute atomic E-state index is 0.572. The van der Waals surface area contributed by atoms with Gasteiger partial charge < -0.3 is 5.32 Å². The lowest BCUT2D eigenvalue weighted by Gasteiger charge is -2.35. The van der Waals surface area contributed by atoms with Crippen molar-refractivity contribution in [1.82, 2.24) is 10.2 Å². The van der Waals surface area contributed by atoms with Crippen LogP contribution in [0.1, 0.15) is 57.2 Å². The fourth-order valence-corrected chi connectivity index (χ4v) is 3.57. The zero-order valence-corrected chi connectivity index (χ0v) is 14.1. The van der Waals surface area contributed by atoms with E-state index in [0.29, 0.717) is 6.04 Å². The average molecular weight is 288 g/mol. The molecule has 2 unspecified atom stereocenters. The zero-order valence-electron chi connectivity index (χ0n) is 14.1. The van der Waals surface area contributed by atoms with E-state index in [9.17, 15) is 0 Å². The van der Waals surface area contributed by atoms with Crippen LogP contribution in [0.25, 0.3) is 0 Å². The first kappa shape index (κ1) is 16.5. The molecule has 1 aromatic rings. The summed E-state index contributed by atoms with van der Waals surface area (Å²) in [6.07, 6.45) is 5.04. The highest BCUT2D eigenvalue weighted by atomic mass is 15.2. The molecular formula is C19H32N2. The standard InChI is InChI=1S/C19H32N2/c1-4-16-9-11-18(12-10-16)19(5-2)21(6-3)15-17-8-7-13-20-14-17/h9-12,17,19-20H,4-8,13-15H2,1-3H3. The van der Waals surface area contributed by atoms with Gasteiger partial charge in [-0.1, -0.05) is 45.0 Å². The van der Waals surface area contributed by atoms with Crippen molar-refractivity contribution in [2.45, 2.75) is 52.5 Å². The molecule has 1 fully saturated rings. The Morgan fingerprint density at radius 3 is 2.48 bits per heavy atom. The van der Waals surface area contributed by atoms with Crippen molar-refractivity contribution >= 4 is 0 Å². The van der Waals surface area contributed by atoms with Crippen molar-refractivity contribution in [2.75, 3.05) is 26.2 Å². The van der Waals surface area contributed by atoms with Gasteiger partial charge in [0.2, 0.25) is 0 Å². The van der Waals surface area contributed by atoms with Gasteiger partial charge in [-0.15, -0.1) is 0 Å². The molecule has 0 radical (unpaired) electrons. The second-order valence-electron chi connectivity index (χ2n) is 6.32. The predicted molar refractivity (Wildman–Crippen MR) is 91.7 cm³/mol. The van der Waals surface area contributed by atoms with E-state index < -0.39 is 0 Å². The van der Waals surface area contributed by atoms with E-state index >= 15 is 0 Å². The molecule has 1 aliphatic rings. The van der Waals surface area contributed by atoms with Crippen LogP contribution in [-0.2, 0) is 6.42 Å². The van der Waals surface area contributed by atoms with Gasteiger partial charge in [0, 0.05) is 12.6 Å². The lowest BCUT2D eigenvalue weighted by atomic mass is 9.95. The second kappa shape index (κ2) is 8.55. The Kier molecular flexibility index (Phi) is 6.72. The Morgan fingerprint density at radius 2 is 1.95 bits per heavy atom. The lowest BCUT2D eigenvalue weighted by molar-refractivity contribution is 0.157. The molecule has 21 heavy (non-hydrogen) atoms. The summed E-state index contributed by atoms with van der Waals surface area (Å²) in [6, 6.07) is 9.86. The number of nitrogens with zero attached hydrogens (tertiary/aromatic N) is 1. The summed E-state index contributed by atoms with van der Waals surface area (Å²) in [4.78, 5) is 2.68. The summed E-state index contributed by atoms with van der Waals surface area (Å²) in [6.45, 7) is 11.6. The molecule has 1 heterocycles. The molecule has 0 spiro atoms. The number of nitrogens with one attached hydrogen (secondary N) is 1. The molecule has 0 bridgehead atoms. The van der Waals surface area contributed by atoms with Gasteiger partial charge in [-0.05, 0) is 62.4 Å². The van der Waals surface area contributed by atoms with Crippen LogP contribution in [0, 0.1) is 5.92 Å². The molecule has 1 saturated heterocycles. The van der Waals surface area contributed by atoms with Crippen molar-refractivity contribution < 1.29 is 0 Å². The normalized spacial score (nSPS) is 20.7. The number of rotatable bonds is 7. The Labute approximate surface area is 130 Å². The number of benzene rings is 1. The van der Waals surface area contributed by atoms with Crippen molar-refractivity contribution in [3.05, 3.63) is 35.4 Å². The van der Waals surface area contributed by atoms with Crippen LogP contribution in [0.5, 0.6) is 0 Å². The average Bonchev–Trinajstić information content (AvgIpc) is 2.56. The van der Waals surface area contributed by atoms with Gasteiger partial charge in [-0.25, -0.2) is 0 Å². The molecule has 0 aromatic heterocycles. The molecule has 2 heteroatoms. The Balaban J connectivity index is 2.04. The van der Waals surface area contributed by atoms with Gasteiger partial charge in [0.25, 0.3) is 0 Å². The van der Waals surface area contributed by atoms with E-state index in [4.69, 9.17) is 0 Å². The first-order chi connectivity index (χ1) is 10.3. The summed E-state index contributed by atoms with van der Waals surface area (Å²) in [5.74, 6) is 0.822. The summed E-state index contributed by atoms with van der Waals surface area (Å²) in [5.41, 5.74) is 2.92. The first-order valence-electron chi connectivity index (χ1n) is 8.82. The monoisotopic (exact) mass is 288 g/mol. The number of piperidine rings is 1. The van der Waals surface area contributed by atoms with Crippen LogP contribution < -0.4 is 5.32 Å². The quantitative estimate of drug-likeness (QED) is 0.815. The third-order valence-corrected chi connectivity index (χ3v) is 4.90. The van der Waals surface area contributed by atoms with Crippen LogP contribution in [0.2, 0.25) is 0 Å². The molecule has 1 aliphatic heterocycles. The minimum Gasteiger partial charge on any atom is -0.316 e. The molecule has 0 amide bonds.